The van der Waals surface area contributed by atoms with Crippen molar-refractivity contribution < 1.29 is 13.5 Å². The molecule has 2 aromatic rings. The standard InChI is InChI=1S/C13H9ClF2N2O/c14-11-6-12(18-13(17-11)7-1-2-7)19-10-5-8(15)3-4-9(10)16/h3-7H,1-2H2. The summed E-state index contributed by atoms with van der Waals surface area (Å²) in [6, 6.07) is 4.35. The van der Waals surface area contributed by atoms with Gasteiger partial charge in [0.15, 0.2) is 11.6 Å². The Bertz CT molecular complexity index is 632. The first-order valence-corrected chi connectivity index (χ1v) is 6.17. The molecule has 0 aliphatic heterocycles. The molecule has 0 saturated heterocycles. The minimum atomic E-state index is -0.663. The molecule has 1 aliphatic rings. The van der Waals surface area contributed by atoms with Crippen LogP contribution in [0.15, 0.2) is 24.3 Å². The molecular weight excluding hydrogens is 274 g/mol. The van der Waals surface area contributed by atoms with Crippen molar-refractivity contribution >= 4 is 11.6 Å². The van der Waals surface area contributed by atoms with Crippen LogP contribution in [0.25, 0.3) is 0 Å². The highest BCUT2D eigenvalue weighted by Gasteiger charge is 2.27. The average molecular weight is 283 g/mol. The van der Waals surface area contributed by atoms with Crippen LogP contribution < -0.4 is 4.74 Å². The molecule has 19 heavy (non-hydrogen) atoms. The second kappa shape index (κ2) is 4.74. The molecular formula is C13H9ClF2N2O. The molecule has 0 spiro atoms. The van der Waals surface area contributed by atoms with Crippen LogP contribution in [-0.2, 0) is 0 Å². The predicted octanol–water partition coefficient (Wildman–Crippen LogP) is 4.08. The third kappa shape index (κ3) is 2.81. The minimum absolute atomic E-state index is 0.117. The molecule has 0 radical (unpaired) electrons. The van der Waals surface area contributed by atoms with Gasteiger partial charge in [-0.2, -0.15) is 4.98 Å². The number of nitrogens with zero attached hydrogens (tertiary/aromatic N) is 2. The Morgan fingerprint density at radius 1 is 1.16 bits per heavy atom. The van der Waals surface area contributed by atoms with Gasteiger partial charge in [0, 0.05) is 18.1 Å². The van der Waals surface area contributed by atoms with Crippen molar-refractivity contribution in [2.24, 2.45) is 0 Å². The van der Waals surface area contributed by atoms with Crippen LogP contribution >= 0.6 is 11.6 Å². The highest BCUT2D eigenvalue weighted by atomic mass is 35.5. The summed E-state index contributed by atoms with van der Waals surface area (Å²) in [4.78, 5) is 8.24. The smallest absolute Gasteiger partial charge is 0.224 e. The van der Waals surface area contributed by atoms with Gasteiger partial charge in [0.2, 0.25) is 5.88 Å². The molecule has 0 amide bonds. The van der Waals surface area contributed by atoms with Crippen LogP contribution in [0.2, 0.25) is 5.15 Å². The fourth-order valence-corrected chi connectivity index (χ4v) is 1.84. The molecule has 0 atom stereocenters. The molecule has 1 aromatic heterocycles. The normalized spacial score (nSPS) is 14.5. The first-order valence-electron chi connectivity index (χ1n) is 5.79. The lowest BCUT2D eigenvalue weighted by Gasteiger charge is -2.07. The zero-order valence-corrected chi connectivity index (χ0v) is 10.5. The van der Waals surface area contributed by atoms with Gasteiger partial charge in [-0.1, -0.05) is 11.6 Å². The number of hydrogen-bond donors (Lipinski definition) is 0. The van der Waals surface area contributed by atoms with E-state index in [0.29, 0.717) is 11.7 Å². The number of ether oxygens (including phenoxy) is 1. The molecule has 3 rings (SSSR count). The van der Waals surface area contributed by atoms with Gasteiger partial charge < -0.3 is 4.74 Å². The average Bonchev–Trinajstić information content (AvgIpc) is 3.17. The van der Waals surface area contributed by atoms with Crippen LogP contribution in [0, 0.1) is 11.6 Å². The molecule has 1 fully saturated rings. The first kappa shape index (κ1) is 12.3. The Labute approximate surface area is 113 Å². The number of aromatic nitrogens is 2. The van der Waals surface area contributed by atoms with Crippen molar-refractivity contribution in [3.05, 3.63) is 46.9 Å². The van der Waals surface area contributed by atoms with E-state index in [-0.39, 0.29) is 16.8 Å². The summed E-state index contributed by atoms with van der Waals surface area (Å²) >= 11 is 5.86. The number of hydrogen-bond acceptors (Lipinski definition) is 3. The molecule has 1 aliphatic carbocycles. The quantitative estimate of drug-likeness (QED) is 0.796. The lowest BCUT2D eigenvalue weighted by Crippen LogP contribution is -1.97. The van der Waals surface area contributed by atoms with Crippen molar-refractivity contribution in [3.63, 3.8) is 0 Å². The van der Waals surface area contributed by atoms with Crippen molar-refractivity contribution in [2.75, 3.05) is 0 Å². The SMILES string of the molecule is Fc1ccc(F)c(Oc2cc(Cl)nc(C3CC3)n2)c1. The lowest BCUT2D eigenvalue weighted by molar-refractivity contribution is 0.419. The molecule has 1 aromatic carbocycles. The first-order chi connectivity index (χ1) is 9.11. The molecule has 6 heteroatoms. The van der Waals surface area contributed by atoms with E-state index in [0.717, 1.165) is 31.0 Å². The molecule has 0 bridgehead atoms. The van der Waals surface area contributed by atoms with E-state index in [1.54, 1.807) is 0 Å². The third-order valence-corrected chi connectivity index (χ3v) is 2.93. The van der Waals surface area contributed by atoms with E-state index in [1.165, 1.54) is 6.07 Å². The zero-order chi connectivity index (χ0) is 13.4. The molecule has 3 nitrogen and oxygen atoms in total. The highest BCUT2D eigenvalue weighted by Crippen LogP contribution is 2.39. The molecule has 98 valence electrons. The van der Waals surface area contributed by atoms with Crippen LogP contribution in [-0.4, -0.2) is 9.97 Å². The van der Waals surface area contributed by atoms with E-state index in [2.05, 4.69) is 9.97 Å². The summed E-state index contributed by atoms with van der Waals surface area (Å²) in [5.74, 6) is -0.483. The van der Waals surface area contributed by atoms with Gasteiger partial charge in [0.1, 0.15) is 16.8 Å². The maximum absolute atomic E-state index is 13.5. The number of rotatable bonds is 3. The topological polar surface area (TPSA) is 35.0 Å². The van der Waals surface area contributed by atoms with Crippen molar-refractivity contribution in [3.8, 4) is 11.6 Å². The Kier molecular flexibility index (Phi) is 3.06. The summed E-state index contributed by atoms with van der Waals surface area (Å²) in [5.41, 5.74) is 0. The van der Waals surface area contributed by atoms with Crippen LogP contribution in [0.4, 0.5) is 8.78 Å². The summed E-state index contributed by atoms with van der Waals surface area (Å²) in [6.45, 7) is 0. The van der Waals surface area contributed by atoms with E-state index in [9.17, 15) is 8.78 Å². The molecule has 1 saturated carbocycles. The summed E-state index contributed by atoms with van der Waals surface area (Å²) < 4.78 is 31.7. The van der Waals surface area contributed by atoms with Gasteiger partial charge in [0.05, 0.1) is 0 Å². The van der Waals surface area contributed by atoms with Gasteiger partial charge in [-0.05, 0) is 25.0 Å². The summed E-state index contributed by atoms with van der Waals surface area (Å²) in [7, 11) is 0. The van der Waals surface area contributed by atoms with E-state index in [1.807, 2.05) is 0 Å². The Morgan fingerprint density at radius 2 is 1.95 bits per heavy atom. The van der Waals surface area contributed by atoms with Crippen LogP contribution in [0.1, 0.15) is 24.6 Å². The number of benzene rings is 1. The molecule has 0 unspecified atom stereocenters. The maximum Gasteiger partial charge on any atom is 0.224 e. The van der Waals surface area contributed by atoms with Gasteiger partial charge >= 0.3 is 0 Å². The fourth-order valence-electron chi connectivity index (χ4n) is 1.66. The Balaban J connectivity index is 1.92. The second-order valence-electron chi connectivity index (χ2n) is 4.34. The predicted molar refractivity (Wildman–Crippen MR) is 65.4 cm³/mol. The van der Waals surface area contributed by atoms with Crippen LogP contribution in [0.3, 0.4) is 0 Å². The van der Waals surface area contributed by atoms with Gasteiger partial charge in [0.25, 0.3) is 0 Å². The summed E-state index contributed by atoms with van der Waals surface area (Å²) in [6.07, 6.45) is 2.02. The summed E-state index contributed by atoms with van der Waals surface area (Å²) in [5, 5.41) is 0.226. The lowest BCUT2D eigenvalue weighted by atomic mass is 10.3. The van der Waals surface area contributed by atoms with E-state index >= 15 is 0 Å². The Morgan fingerprint density at radius 3 is 2.68 bits per heavy atom. The van der Waals surface area contributed by atoms with Crippen molar-refractivity contribution in [1.29, 1.82) is 0 Å². The zero-order valence-electron chi connectivity index (χ0n) is 9.74. The van der Waals surface area contributed by atoms with Crippen molar-refractivity contribution in [1.82, 2.24) is 9.97 Å². The molecule has 0 N–H and O–H groups in total. The largest absolute Gasteiger partial charge is 0.436 e. The van der Waals surface area contributed by atoms with Gasteiger partial charge in [-0.25, -0.2) is 13.8 Å². The fraction of sp³-hybridized carbons (Fsp3) is 0.231. The monoisotopic (exact) mass is 282 g/mol. The number of halogens is 3. The third-order valence-electron chi connectivity index (χ3n) is 2.74. The van der Waals surface area contributed by atoms with Crippen LogP contribution in [0.5, 0.6) is 11.6 Å². The maximum atomic E-state index is 13.5. The van der Waals surface area contributed by atoms with Gasteiger partial charge in [-0.3, -0.25) is 0 Å². The molecule has 1 heterocycles. The van der Waals surface area contributed by atoms with Crippen molar-refractivity contribution in [2.45, 2.75) is 18.8 Å². The Hall–Kier alpha value is -1.75. The van der Waals surface area contributed by atoms with E-state index < -0.39 is 11.6 Å². The van der Waals surface area contributed by atoms with E-state index in [4.69, 9.17) is 16.3 Å². The highest BCUT2D eigenvalue weighted by molar-refractivity contribution is 6.29. The van der Waals surface area contributed by atoms with Gasteiger partial charge in [-0.15, -0.1) is 0 Å². The second-order valence-corrected chi connectivity index (χ2v) is 4.73. The minimum Gasteiger partial charge on any atom is -0.436 e.